The average molecular weight is 213 g/mol. The van der Waals surface area contributed by atoms with Gasteiger partial charge in [0.2, 0.25) is 0 Å². The van der Waals surface area contributed by atoms with Crippen LogP contribution >= 0.6 is 23.4 Å². The molecule has 4 heteroatoms. The van der Waals surface area contributed by atoms with E-state index in [1.807, 2.05) is 6.07 Å². The molecule has 0 heterocycles. The van der Waals surface area contributed by atoms with Gasteiger partial charge in [-0.3, -0.25) is 0 Å². The lowest BCUT2D eigenvalue weighted by Crippen LogP contribution is -2.01. The molecule has 0 radical (unpaired) electrons. The first kappa shape index (κ1) is 10.4. The molecule has 0 aliphatic carbocycles. The first-order valence-corrected chi connectivity index (χ1v) is 5.17. The lowest BCUT2D eigenvalue weighted by atomic mass is 10.2. The molecule has 0 atom stereocenters. The maximum atomic E-state index is 8.79. The SMILES string of the molecule is N#Cc1cc(Cl)ccc1SCCN. The van der Waals surface area contributed by atoms with Crippen molar-refractivity contribution in [2.45, 2.75) is 4.90 Å². The Kier molecular flexibility index (Phi) is 4.10. The smallest absolute Gasteiger partial charge is 0.100 e. The summed E-state index contributed by atoms with van der Waals surface area (Å²) in [5.74, 6) is 0.816. The molecule has 0 amide bonds. The Labute approximate surface area is 86.7 Å². The van der Waals surface area contributed by atoms with E-state index in [4.69, 9.17) is 22.6 Å². The van der Waals surface area contributed by atoms with Crippen molar-refractivity contribution in [3.05, 3.63) is 28.8 Å². The van der Waals surface area contributed by atoms with E-state index in [0.717, 1.165) is 10.6 Å². The van der Waals surface area contributed by atoms with Gasteiger partial charge in [0.15, 0.2) is 0 Å². The maximum absolute atomic E-state index is 8.79. The van der Waals surface area contributed by atoms with E-state index in [0.29, 0.717) is 17.1 Å². The molecule has 2 N–H and O–H groups in total. The molecule has 0 saturated carbocycles. The molecule has 0 fully saturated rings. The van der Waals surface area contributed by atoms with Crippen molar-refractivity contribution in [3.8, 4) is 6.07 Å². The molecule has 68 valence electrons. The Morgan fingerprint density at radius 1 is 1.54 bits per heavy atom. The van der Waals surface area contributed by atoms with Crippen LogP contribution in [0.1, 0.15) is 5.56 Å². The van der Waals surface area contributed by atoms with Crippen LogP contribution in [-0.4, -0.2) is 12.3 Å². The monoisotopic (exact) mass is 212 g/mol. The van der Waals surface area contributed by atoms with Gasteiger partial charge in [0, 0.05) is 22.2 Å². The Hall–Kier alpha value is -0.690. The fourth-order valence-electron chi connectivity index (χ4n) is 0.884. The maximum Gasteiger partial charge on any atom is 0.100 e. The molecule has 0 aliphatic heterocycles. The minimum absolute atomic E-state index is 0.591. The summed E-state index contributed by atoms with van der Waals surface area (Å²) in [4.78, 5) is 0.942. The molecule has 0 spiro atoms. The molecule has 1 aromatic rings. The van der Waals surface area contributed by atoms with Crippen molar-refractivity contribution in [3.63, 3.8) is 0 Å². The molecule has 0 unspecified atom stereocenters. The van der Waals surface area contributed by atoms with E-state index in [9.17, 15) is 0 Å². The summed E-state index contributed by atoms with van der Waals surface area (Å²) >= 11 is 7.32. The molecule has 1 rings (SSSR count). The van der Waals surface area contributed by atoms with Gasteiger partial charge in [0.1, 0.15) is 6.07 Å². The minimum atomic E-state index is 0.591. The molecular formula is C9H9ClN2S. The number of hydrogen-bond donors (Lipinski definition) is 1. The van der Waals surface area contributed by atoms with Crippen molar-refractivity contribution >= 4 is 23.4 Å². The Morgan fingerprint density at radius 3 is 2.92 bits per heavy atom. The van der Waals surface area contributed by atoms with Crippen LogP contribution < -0.4 is 5.73 Å². The van der Waals surface area contributed by atoms with Crippen LogP contribution in [0.3, 0.4) is 0 Å². The van der Waals surface area contributed by atoms with Gasteiger partial charge >= 0.3 is 0 Å². The minimum Gasteiger partial charge on any atom is -0.330 e. The summed E-state index contributed by atoms with van der Waals surface area (Å²) in [6, 6.07) is 7.39. The molecule has 2 nitrogen and oxygen atoms in total. The van der Waals surface area contributed by atoms with Crippen LogP contribution in [-0.2, 0) is 0 Å². The molecular weight excluding hydrogens is 204 g/mol. The van der Waals surface area contributed by atoms with Crippen molar-refractivity contribution < 1.29 is 0 Å². The normalized spacial score (nSPS) is 9.62. The standard InChI is InChI=1S/C9H9ClN2S/c10-8-1-2-9(13-4-3-11)7(5-8)6-12/h1-2,5H,3-4,11H2. The van der Waals surface area contributed by atoms with Crippen molar-refractivity contribution in [2.75, 3.05) is 12.3 Å². The second kappa shape index (κ2) is 5.13. The highest BCUT2D eigenvalue weighted by molar-refractivity contribution is 7.99. The molecule has 0 aliphatic rings. The Balaban J connectivity index is 2.88. The summed E-state index contributed by atoms with van der Waals surface area (Å²) in [6.07, 6.45) is 0. The summed E-state index contributed by atoms with van der Waals surface area (Å²) < 4.78 is 0. The van der Waals surface area contributed by atoms with Crippen LogP contribution in [0.25, 0.3) is 0 Å². The van der Waals surface area contributed by atoms with Crippen LogP contribution in [0.2, 0.25) is 5.02 Å². The summed E-state index contributed by atoms with van der Waals surface area (Å²) in [5.41, 5.74) is 5.98. The molecule has 1 aromatic carbocycles. The molecule has 0 saturated heterocycles. The van der Waals surface area contributed by atoms with Crippen molar-refractivity contribution in [2.24, 2.45) is 5.73 Å². The van der Waals surface area contributed by atoms with Gasteiger partial charge in [-0.15, -0.1) is 11.8 Å². The lowest BCUT2D eigenvalue weighted by molar-refractivity contribution is 1.15. The van der Waals surface area contributed by atoms with Gasteiger partial charge in [0.05, 0.1) is 5.56 Å². The number of benzene rings is 1. The number of nitrogens with zero attached hydrogens (tertiary/aromatic N) is 1. The number of halogens is 1. The number of nitriles is 1. The predicted octanol–water partition coefficient (Wildman–Crippen LogP) is 2.26. The van der Waals surface area contributed by atoms with Crippen molar-refractivity contribution in [1.82, 2.24) is 0 Å². The number of thioether (sulfide) groups is 1. The number of nitrogens with two attached hydrogens (primary N) is 1. The zero-order valence-electron chi connectivity index (χ0n) is 6.96. The third kappa shape index (κ3) is 2.92. The lowest BCUT2D eigenvalue weighted by Gasteiger charge is -2.02. The quantitative estimate of drug-likeness (QED) is 0.782. The van der Waals surface area contributed by atoms with E-state index in [1.54, 1.807) is 23.9 Å². The van der Waals surface area contributed by atoms with E-state index < -0.39 is 0 Å². The average Bonchev–Trinajstić information content (AvgIpc) is 2.16. The second-order valence-electron chi connectivity index (χ2n) is 2.39. The van der Waals surface area contributed by atoms with E-state index in [1.165, 1.54) is 0 Å². The van der Waals surface area contributed by atoms with Gasteiger partial charge < -0.3 is 5.73 Å². The van der Waals surface area contributed by atoms with Crippen LogP contribution in [0.15, 0.2) is 23.1 Å². The van der Waals surface area contributed by atoms with E-state index in [2.05, 4.69) is 6.07 Å². The Morgan fingerprint density at radius 2 is 2.31 bits per heavy atom. The van der Waals surface area contributed by atoms with E-state index in [-0.39, 0.29) is 0 Å². The highest BCUT2D eigenvalue weighted by atomic mass is 35.5. The first-order valence-electron chi connectivity index (χ1n) is 3.80. The second-order valence-corrected chi connectivity index (χ2v) is 3.96. The molecule has 0 aromatic heterocycles. The highest BCUT2D eigenvalue weighted by Gasteiger charge is 2.02. The van der Waals surface area contributed by atoms with Crippen molar-refractivity contribution in [1.29, 1.82) is 5.26 Å². The number of rotatable bonds is 3. The van der Waals surface area contributed by atoms with Crippen LogP contribution in [0, 0.1) is 11.3 Å². The van der Waals surface area contributed by atoms with Gasteiger partial charge in [-0.05, 0) is 18.2 Å². The zero-order valence-corrected chi connectivity index (χ0v) is 8.53. The Bertz CT molecular complexity index is 333. The van der Waals surface area contributed by atoms with Crippen LogP contribution in [0.4, 0.5) is 0 Å². The van der Waals surface area contributed by atoms with E-state index >= 15 is 0 Å². The fourth-order valence-corrected chi connectivity index (χ4v) is 1.82. The topological polar surface area (TPSA) is 49.8 Å². The molecule has 13 heavy (non-hydrogen) atoms. The van der Waals surface area contributed by atoms with Gasteiger partial charge in [-0.1, -0.05) is 11.6 Å². The van der Waals surface area contributed by atoms with Gasteiger partial charge in [-0.25, -0.2) is 0 Å². The largest absolute Gasteiger partial charge is 0.330 e. The summed E-state index contributed by atoms with van der Waals surface area (Å²) in [6.45, 7) is 0.609. The molecule has 0 bridgehead atoms. The first-order chi connectivity index (χ1) is 6.27. The summed E-state index contributed by atoms with van der Waals surface area (Å²) in [5, 5.41) is 9.38. The zero-order chi connectivity index (χ0) is 9.68. The van der Waals surface area contributed by atoms with Crippen LogP contribution in [0.5, 0.6) is 0 Å². The fraction of sp³-hybridized carbons (Fsp3) is 0.222. The highest BCUT2D eigenvalue weighted by Crippen LogP contribution is 2.24. The number of hydrogen-bond acceptors (Lipinski definition) is 3. The summed E-state index contributed by atoms with van der Waals surface area (Å²) in [7, 11) is 0. The van der Waals surface area contributed by atoms with Gasteiger partial charge in [0.25, 0.3) is 0 Å². The van der Waals surface area contributed by atoms with Gasteiger partial charge in [-0.2, -0.15) is 5.26 Å². The third-order valence-corrected chi connectivity index (χ3v) is 2.78. The predicted molar refractivity (Wildman–Crippen MR) is 55.9 cm³/mol. The third-order valence-electron chi connectivity index (χ3n) is 1.44.